The van der Waals surface area contributed by atoms with Crippen molar-refractivity contribution in [1.82, 2.24) is 9.88 Å². The van der Waals surface area contributed by atoms with E-state index < -0.39 is 23.2 Å². The third kappa shape index (κ3) is 3.27. The number of hydrogen-bond donors (Lipinski definition) is 0. The number of hydrogen-bond acceptors (Lipinski definition) is 2. The predicted molar refractivity (Wildman–Crippen MR) is 76.2 cm³/mol. The smallest absolute Gasteiger partial charge is 0.335 e. The van der Waals surface area contributed by atoms with Gasteiger partial charge in [-0.25, -0.2) is 0 Å². The van der Waals surface area contributed by atoms with E-state index in [2.05, 4.69) is 4.98 Å². The number of amides is 1. The van der Waals surface area contributed by atoms with Crippen LogP contribution in [-0.2, 0) is 6.18 Å². The molecule has 1 amide bonds. The van der Waals surface area contributed by atoms with E-state index in [1.807, 2.05) is 30.3 Å². The van der Waals surface area contributed by atoms with Crippen molar-refractivity contribution in [2.45, 2.75) is 19.1 Å². The molecule has 0 aliphatic rings. The van der Waals surface area contributed by atoms with E-state index in [1.165, 1.54) is 18.1 Å². The van der Waals surface area contributed by atoms with E-state index in [0.717, 1.165) is 11.6 Å². The summed E-state index contributed by atoms with van der Waals surface area (Å²) in [4.78, 5) is 17.2. The van der Waals surface area contributed by atoms with E-state index in [9.17, 15) is 18.0 Å². The Labute approximate surface area is 126 Å². The van der Waals surface area contributed by atoms with Gasteiger partial charge in [0.05, 0.1) is 17.2 Å². The highest BCUT2D eigenvalue weighted by Gasteiger charge is 2.36. The molecule has 1 unspecified atom stereocenters. The molecule has 2 aromatic rings. The van der Waals surface area contributed by atoms with Crippen molar-refractivity contribution in [3.63, 3.8) is 0 Å². The van der Waals surface area contributed by atoms with E-state index >= 15 is 0 Å². The number of carbonyl (C=O) groups excluding carboxylic acids is 1. The van der Waals surface area contributed by atoms with Gasteiger partial charge in [-0.3, -0.25) is 9.78 Å². The van der Waals surface area contributed by atoms with Crippen LogP contribution in [-0.4, -0.2) is 22.8 Å². The highest BCUT2D eigenvalue weighted by atomic mass is 19.4. The monoisotopic (exact) mass is 308 g/mol. The van der Waals surface area contributed by atoms with Gasteiger partial charge in [0.25, 0.3) is 5.91 Å². The molecule has 0 spiro atoms. The average Bonchev–Trinajstić information content (AvgIpc) is 2.52. The van der Waals surface area contributed by atoms with Crippen LogP contribution in [0.1, 0.15) is 34.5 Å². The first-order valence-electron chi connectivity index (χ1n) is 6.65. The maximum atomic E-state index is 13.0. The van der Waals surface area contributed by atoms with Gasteiger partial charge >= 0.3 is 6.18 Å². The molecule has 0 radical (unpaired) electrons. The maximum absolute atomic E-state index is 13.0. The van der Waals surface area contributed by atoms with E-state index in [4.69, 9.17) is 0 Å². The number of alkyl halides is 3. The fourth-order valence-corrected chi connectivity index (χ4v) is 2.13. The first kappa shape index (κ1) is 16.0. The summed E-state index contributed by atoms with van der Waals surface area (Å²) in [5.74, 6) is -0.689. The lowest BCUT2D eigenvalue weighted by atomic mass is 10.0. The minimum atomic E-state index is -4.62. The number of nitrogens with zero attached hydrogens (tertiary/aromatic N) is 2. The second-order valence-corrected chi connectivity index (χ2v) is 4.92. The van der Waals surface area contributed by atoms with Crippen LogP contribution in [0.2, 0.25) is 0 Å². The quantitative estimate of drug-likeness (QED) is 0.860. The van der Waals surface area contributed by atoms with Crippen LogP contribution < -0.4 is 0 Å². The van der Waals surface area contributed by atoms with Crippen LogP contribution in [0.5, 0.6) is 0 Å². The zero-order valence-corrected chi connectivity index (χ0v) is 12.1. The Hall–Kier alpha value is -2.37. The van der Waals surface area contributed by atoms with Crippen molar-refractivity contribution in [2.75, 3.05) is 7.05 Å². The van der Waals surface area contributed by atoms with Crippen molar-refractivity contribution in [3.8, 4) is 0 Å². The molecule has 0 bridgehead atoms. The normalized spacial score (nSPS) is 12.8. The standard InChI is InChI=1S/C16H15F3N2O/c1-11(12-6-4-3-5-7-12)21(2)15(22)13-8-9-20-10-14(13)16(17,18)19/h3-11H,1-2H3. The zero-order valence-electron chi connectivity index (χ0n) is 12.1. The number of halogens is 3. The lowest BCUT2D eigenvalue weighted by molar-refractivity contribution is -0.138. The number of rotatable bonds is 3. The van der Waals surface area contributed by atoms with Gasteiger partial charge in [0.15, 0.2) is 0 Å². The van der Waals surface area contributed by atoms with Crippen molar-refractivity contribution >= 4 is 5.91 Å². The Morgan fingerprint density at radius 1 is 1.18 bits per heavy atom. The van der Waals surface area contributed by atoms with Crippen LogP contribution in [0, 0.1) is 0 Å². The summed E-state index contributed by atoms with van der Waals surface area (Å²) in [5, 5.41) is 0. The summed E-state index contributed by atoms with van der Waals surface area (Å²) in [7, 11) is 1.49. The van der Waals surface area contributed by atoms with Crippen LogP contribution in [0.15, 0.2) is 48.8 Å². The molecule has 0 fully saturated rings. The van der Waals surface area contributed by atoms with Gasteiger partial charge in [0, 0.05) is 19.4 Å². The molecule has 0 aliphatic heterocycles. The van der Waals surface area contributed by atoms with E-state index in [1.54, 1.807) is 6.92 Å². The van der Waals surface area contributed by atoms with Crippen molar-refractivity contribution in [1.29, 1.82) is 0 Å². The molecular weight excluding hydrogens is 293 g/mol. The van der Waals surface area contributed by atoms with E-state index in [0.29, 0.717) is 6.20 Å². The highest BCUT2D eigenvalue weighted by molar-refractivity contribution is 5.95. The molecule has 1 aromatic heterocycles. The number of aromatic nitrogens is 1. The molecule has 6 heteroatoms. The third-order valence-corrected chi connectivity index (χ3v) is 3.54. The third-order valence-electron chi connectivity index (χ3n) is 3.54. The highest BCUT2D eigenvalue weighted by Crippen LogP contribution is 2.32. The summed E-state index contributed by atoms with van der Waals surface area (Å²) in [5.41, 5.74) is -0.569. The Morgan fingerprint density at radius 2 is 1.82 bits per heavy atom. The molecule has 0 N–H and O–H groups in total. The molecule has 116 valence electrons. The molecule has 1 atom stereocenters. The first-order valence-corrected chi connectivity index (χ1v) is 6.65. The summed E-state index contributed by atoms with van der Waals surface area (Å²) in [6.07, 6.45) is -2.76. The van der Waals surface area contributed by atoms with Crippen LogP contribution >= 0.6 is 0 Å². The first-order chi connectivity index (χ1) is 10.3. The molecule has 22 heavy (non-hydrogen) atoms. The molecule has 3 nitrogen and oxygen atoms in total. The molecule has 0 saturated carbocycles. The Balaban J connectivity index is 2.33. The maximum Gasteiger partial charge on any atom is 0.418 e. The fraction of sp³-hybridized carbons (Fsp3) is 0.250. The molecule has 1 heterocycles. The molecule has 0 saturated heterocycles. The Bertz CT molecular complexity index is 656. The topological polar surface area (TPSA) is 33.2 Å². The van der Waals surface area contributed by atoms with Crippen molar-refractivity contribution < 1.29 is 18.0 Å². The van der Waals surface area contributed by atoms with Crippen LogP contribution in [0.4, 0.5) is 13.2 Å². The number of carbonyl (C=O) groups is 1. The molecule has 2 rings (SSSR count). The Morgan fingerprint density at radius 3 is 2.41 bits per heavy atom. The van der Waals surface area contributed by atoms with Gasteiger partial charge in [-0.2, -0.15) is 13.2 Å². The Kier molecular flexibility index (Phi) is 4.49. The second kappa shape index (κ2) is 6.17. The predicted octanol–water partition coefficient (Wildman–Crippen LogP) is 3.93. The summed E-state index contributed by atoms with van der Waals surface area (Å²) in [6, 6.07) is 9.87. The summed E-state index contributed by atoms with van der Waals surface area (Å²) < 4.78 is 39.0. The van der Waals surface area contributed by atoms with Gasteiger partial charge in [0.1, 0.15) is 0 Å². The average molecular weight is 308 g/mol. The van der Waals surface area contributed by atoms with Crippen LogP contribution in [0.3, 0.4) is 0 Å². The SMILES string of the molecule is CC(c1ccccc1)N(C)C(=O)c1ccncc1C(F)(F)F. The van der Waals surface area contributed by atoms with Gasteiger partial charge in [0.2, 0.25) is 0 Å². The second-order valence-electron chi connectivity index (χ2n) is 4.92. The van der Waals surface area contributed by atoms with Gasteiger partial charge in [-0.1, -0.05) is 30.3 Å². The van der Waals surface area contributed by atoms with Gasteiger partial charge < -0.3 is 4.90 Å². The van der Waals surface area contributed by atoms with Crippen molar-refractivity contribution in [3.05, 3.63) is 65.5 Å². The fourth-order valence-electron chi connectivity index (χ4n) is 2.13. The summed E-state index contributed by atoms with van der Waals surface area (Å²) in [6.45, 7) is 1.77. The van der Waals surface area contributed by atoms with Gasteiger partial charge in [-0.15, -0.1) is 0 Å². The van der Waals surface area contributed by atoms with E-state index in [-0.39, 0.29) is 6.04 Å². The summed E-state index contributed by atoms with van der Waals surface area (Å²) >= 11 is 0. The van der Waals surface area contributed by atoms with Crippen molar-refractivity contribution in [2.24, 2.45) is 0 Å². The number of benzene rings is 1. The minimum absolute atomic E-state index is 0.344. The zero-order chi connectivity index (χ0) is 16.3. The van der Waals surface area contributed by atoms with Gasteiger partial charge in [-0.05, 0) is 18.6 Å². The largest absolute Gasteiger partial charge is 0.418 e. The number of pyridine rings is 1. The van der Waals surface area contributed by atoms with Crippen LogP contribution in [0.25, 0.3) is 0 Å². The molecular formula is C16H15F3N2O. The minimum Gasteiger partial charge on any atom is -0.335 e. The lowest BCUT2D eigenvalue weighted by Gasteiger charge is -2.26. The lowest BCUT2D eigenvalue weighted by Crippen LogP contribution is -2.31. The molecule has 0 aliphatic carbocycles. The molecule has 1 aromatic carbocycles.